The third-order valence-electron chi connectivity index (χ3n) is 3.63. The zero-order valence-corrected chi connectivity index (χ0v) is 15.1. The van der Waals surface area contributed by atoms with Gasteiger partial charge in [-0.2, -0.15) is 0 Å². The first-order valence-corrected chi connectivity index (χ1v) is 8.82. The Morgan fingerprint density at radius 2 is 2.04 bits per heavy atom. The Kier molecular flexibility index (Phi) is 5.14. The minimum atomic E-state index is -0.0839. The van der Waals surface area contributed by atoms with Crippen molar-refractivity contribution in [3.63, 3.8) is 0 Å². The highest BCUT2D eigenvalue weighted by Gasteiger charge is 2.14. The summed E-state index contributed by atoms with van der Waals surface area (Å²) in [4.78, 5) is 20.3. The van der Waals surface area contributed by atoms with Crippen molar-refractivity contribution < 1.29 is 4.79 Å². The number of carbonyl (C=O) groups is 1. The molecule has 124 valence electrons. The molecule has 1 aromatic carbocycles. The minimum absolute atomic E-state index is 0.0839. The van der Waals surface area contributed by atoms with Gasteiger partial charge in [-0.15, -0.1) is 11.3 Å². The normalized spacial score (nSPS) is 11.2. The summed E-state index contributed by atoms with van der Waals surface area (Å²) in [6.45, 7) is 1.39. The van der Waals surface area contributed by atoms with Crippen LogP contribution in [0.4, 0.5) is 0 Å². The molecule has 0 bridgehead atoms. The monoisotopic (exact) mass is 359 g/mol. The lowest BCUT2D eigenvalue weighted by Gasteiger charge is -2.12. The average molecular weight is 360 g/mol. The van der Waals surface area contributed by atoms with E-state index in [4.69, 9.17) is 11.6 Å². The lowest BCUT2D eigenvalue weighted by atomic mass is 10.1. The zero-order valence-electron chi connectivity index (χ0n) is 13.5. The van der Waals surface area contributed by atoms with Gasteiger partial charge >= 0.3 is 0 Å². The van der Waals surface area contributed by atoms with E-state index in [1.807, 2.05) is 61.5 Å². The molecule has 4 nitrogen and oxygen atoms in total. The first kappa shape index (κ1) is 16.9. The van der Waals surface area contributed by atoms with Crippen LogP contribution in [0, 0.1) is 0 Å². The molecule has 1 N–H and O–H groups in total. The Bertz CT molecular complexity index is 876. The molecule has 6 heteroatoms. The number of fused-ring (bicyclic) bond motifs is 1. The van der Waals surface area contributed by atoms with E-state index in [1.165, 1.54) is 11.3 Å². The van der Waals surface area contributed by atoms with Crippen LogP contribution in [0.2, 0.25) is 4.34 Å². The molecule has 0 fully saturated rings. The number of hydrogen-bond donors (Lipinski definition) is 1. The summed E-state index contributed by atoms with van der Waals surface area (Å²) in [7, 11) is 3.96. The number of para-hydroxylation sites is 1. The van der Waals surface area contributed by atoms with Crippen molar-refractivity contribution >= 4 is 39.7 Å². The summed E-state index contributed by atoms with van der Waals surface area (Å²) >= 11 is 7.49. The second kappa shape index (κ2) is 7.30. The van der Waals surface area contributed by atoms with E-state index in [9.17, 15) is 4.79 Å². The van der Waals surface area contributed by atoms with Crippen LogP contribution in [0.15, 0.2) is 42.5 Å². The van der Waals surface area contributed by atoms with Gasteiger partial charge in [0.1, 0.15) is 0 Å². The smallest absolute Gasteiger partial charge is 0.252 e. The molecule has 3 aromatic rings. The number of likely N-dealkylation sites (N-methyl/N-ethyl adjacent to an activating group) is 1. The first-order valence-electron chi connectivity index (χ1n) is 7.63. The largest absolute Gasteiger partial charge is 0.351 e. The predicted molar refractivity (Wildman–Crippen MR) is 101 cm³/mol. The molecule has 0 spiro atoms. The Labute approximate surface area is 150 Å². The summed E-state index contributed by atoms with van der Waals surface area (Å²) in [6, 6.07) is 13.3. The van der Waals surface area contributed by atoms with E-state index in [2.05, 4.69) is 10.3 Å². The number of thiophene rings is 1. The molecular weight excluding hydrogens is 342 g/mol. The molecule has 2 aromatic heterocycles. The molecule has 0 atom stereocenters. The number of hydrogen-bond acceptors (Lipinski definition) is 4. The van der Waals surface area contributed by atoms with Crippen molar-refractivity contribution in [3.8, 4) is 10.6 Å². The van der Waals surface area contributed by atoms with E-state index >= 15 is 0 Å². The summed E-state index contributed by atoms with van der Waals surface area (Å²) in [5, 5.41) is 3.83. The van der Waals surface area contributed by atoms with Crippen LogP contribution in [0.3, 0.4) is 0 Å². The standard InChI is InChI=1S/C18H18ClN3OS/c1-22(2)10-9-20-18(23)13-11-15(16-7-8-17(19)24-16)21-14-6-4-3-5-12(13)14/h3-8,11H,9-10H2,1-2H3,(H,20,23). The summed E-state index contributed by atoms with van der Waals surface area (Å²) in [5.41, 5.74) is 2.21. The fraction of sp³-hybridized carbons (Fsp3) is 0.222. The maximum absolute atomic E-state index is 12.6. The van der Waals surface area contributed by atoms with Crippen LogP contribution in [0.25, 0.3) is 21.5 Å². The van der Waals surface area contributed by atoms with Crippen LogP contribution in [-0.2, 0) is 0 Å². The maximum atomic E-state index is 12.6. The molecular formula is C18H18ClN3OS. The third kappa shape index (κ3) is 3.75. The highest BCUT2D eigenvalue weighted by atomic mass is 35.5. The zero-order chi connectivity index (χ0) is 17.1. The number of carbonyl (C=O) groups excluding carboxylic acids is 1. The van der Waals surface area contributed by atoms with Crippen molar-refractivity contribution in [1.29, 1.82) is 0 Å². The molecule has 0 aliphatic rings. The third-order valence-corrected chi connectivity index (χ3v) is 4.88. The van der Waals surface area contributed by atoms with Crippen LogP contribution < -0.4 is 5.32 Å². The van der Waals surface area contributed by atoms with Gasteiger partial charge in [0.2, 0.25) is 0 Å². The lowest BCUT2D eigenvalue weighted by Crippen LogP contribution is -2.31. The number of pyridine rings is 1. The minimum Gasteiger partial charge on any atom is -0.351 e. The van der Waals surface area contributed by atoms with Crippen LogP contribution in [0.1, 0.15) is 10.4 Å². The summed E-state index contributed by atoms with van der Waals surface area (Å²) in [6.07, 6.45) is 0. The summed E-state index contributed by atoms with van der Waals surface area (Å²) in [5.74, 6) is -0.0839. The molecule has 3 rings (SSSR count). The molecule has 0 saturated carbocycles. The number of halogens is 1. The molecule has 24 heavy (non-hydrogen) atoms. The Hall–Kier alpha value is -1.95. The fourth-order valence-electron chi connectivity index (χ4n) is 2.43. The van der Waals surface area contributed by atoms with Crippen molar-refractivity contribution in [3.05, 3.63) is 52.4 Å². The first-order chi connectivity index (χ1) is 11.5. The van der Waals surface area contributed by atoms with E-state index in [0.29, 0.717) is 16.4 Å². The lowest BCUT2D eigenvalue weighted by molar-refractivity contribution is 0.0952. The van der Waals surface area contributed by atoms with Gasteiger partial charge in [0.05, 0.1) is 26.0 Å². The Balaban J connectivity index is 2.00. The number of benzene rings is 1. The number of nitrogens with one attached hydrogen (secondary N) is 1. The maximum Gasteiger partial charge on any atom is 0.252 e. The molecule has 0 aliphatic carbocycles. The fourth-order valence-corrected chi connectivity index (χ4v) is 3.43. The molecule has 2 heterocycles. The molecule has 0 aliphatic heterocycles. The van der Waals surface area contributed by atoms with Crippen molar-refractivity contribution in [2.45, 2.75) is 0 Å². The number of rotatable bonds is 5. The Morgan fingerprint density at radius 1 is 1.25 bits per heavy atom. The number of nitrogens with zero attached hydrogens (tertiary/aromatic N) is 2. The average Bonchev–Trinajstić information content (AvgIpc) is 3.00. The van der Waals surface area contributed by atoms with Gasteiger partial charge in [-0.1, -0.05) is 29.8 Å². The van der Waals surface area contributed by atoms with Crippen molar-refractivity contribution in [1.82, 2.24) is 15.2 Å². The topological polar surface area (TPSA) is 45.2 Å². The van der Waals surface area contributed by atoms with E-state index in [0.717, 1.165) is 28.0 Å². The van der Waals surface area contributed by atoms with Gasteiger partial charge in [0.15, 0.2) is 0 Å². The number of aromatic nitrogens is 1. The number of amides is 1. The predicted octanol–water partition coefficient (Wildman–Crippen LogP) is 3.91. The molecule has 0 saturated heterocycles. The molecule has 0 radical (unpaired) electrons. The molecule has 0 unspecified atom stereocenters. The van der Waals surface area contributed by atoms with Gasteiger partial charge < -0.3 is 10.2 Å². The van der Waals surface area contributed by atoms with Gasteiger partial charge in [0.25, 0.3) is 5.91 Å². The van der Waals surface area contributed by atoms with Crippen molar-refractivity contribution in [2.24, 2.45) is 0 Å². The van der Waals surface area contributed by atoms with Crippen LogP contribution in [0.5, 0.6) is 0 Å². The van der Waals surface area contributed by atoms with Crippen molar-refractivity contribution in [2.75, 3.05) is 27.2 Å². The second-order valence-electron chi connectivity index (χ2n) is 5.74. The highest BCUT2D eigenvalue weighted by molar-refractivity contribution is 7.19. The van der Waals surface area contributed by atoms with Gasteiger partial charge in [-0.3, -0.25) is 4.79 Å². The quantitative estimate of drug-likeness (QED) is 0.751. The van der Waals surface area contributed by atoms with E-state index in [-0.39, 0.29) is 5.91 Å². The highest BCUT2D eigenvalue weighted by Crippen LogP contribution is 2.32. The Morgan fingerprint density at radius 3 is 2.75 bits per heavy atom. The van der Waals surface area contributed by atoms with Crippen LogP contribution in [-0.4, -0.2) is 43.0 Å². The van der Waals surface area contributed by atoms with Gasteiger partial charge in [0, 0.05) is 18.5 Å². The van der Waals surface area contributed by atoms with E-state index < -0.39 is 0 Å². The summed E-state index contributed by atoms with van der Waals surface area (Å²) < 4.78 is 0.706. The SMILES string of the molecule is CN(C)CCNC(=O)c1cc(-c2ccc(Cl)s2)nc2ccccc12. The molecule has 1 amide bonds. The van der Waals surface area contributed by atoms with Crippen LogP contribution >= 0.6 is 22.9 Å². The van der Waals surface area contributed by atoms with Gasteiger partial charge in [-0.25, -0.2) is 4.98 Å². The van der Waals surface area contributed by atoms with Gasteiger partial charge in [-0.05, 0) is 38.4 Å². The second-order valence-corrected chi connectivity index (χ2v) is 7.45. The van der Waals surface area contributed by atoms with E-state index in [1.54, 1.807) is 0 Å².